The van der Waals surface area contributed by atoms with Crippen LogP contribution in [0.25, 0.3) is 27.9 Å². The summed E-state index contributed by atoms with van der Waals surface area (Å²) in [7, 11) is 3.31. The SMILES string of the molecule is COc1ccccc1-c1ccc(Oc2cc(O)c(-n3cccc3)cc2-c2ccccc2OC)cc1. The van der Waals surface area contributed by atoms with Crippen molar-refractivity contribution in [3.05, 3.63) is 109 Å². The molecule has 1 heterocycles. The largest absolute Gasteiger partial charge is 0.506 e. The number of nitrogens with zero attached hydrogens (tertiary/aromatic N) is 1. The molecule has 35 heavy (non-hydrogen) atoms. The Kier molecular flexibility index (Phi) is 6.14. The standard InChI is InChI=1S/C30H25NO4/c1-33-28-11-5-3-9-23(28)21-13-15-22(16-14-21)35-30-20-27(32)26(31-17-7-8-18-31)19-25(30)24-10-4-6-12-29(24)34-2/h3-20,32H,1-2H3. The summed E-state index contributed by atoms with van der Waals surface area (Å²) in [4.78, 5) is 0. The first-order chi connectivity index (χ1) is 17.2. The second-order valence-corrected chi connectivity index (χ2v) is 7.95. The molecular formula is C30H25NO4. The smallest absolute Gasteiger partial charge is 0.143 e. The Morgan fingerprint density at radius 1 is 0.600 bits per heavy atom. The molecule has 0 saturated carbocycles. The van der Waals surface area contributed by atoms with Crippen LogP contribution in [0.2, 0.25) is 0 Å². The van der Waals surface area contributed by atoms with Gasteiger partial charge in [0.25, 0.3) is 0 Å². The zero-order chi connectivity index (χ0) is 24.2. The molecule has 0 saturated heterocycles. The third-order valence-electron chi connectivity index (χ3n) is 5.86. The van der Waals surface area contributed by atoms with Crippen molar-refractivity contribution in [2.45, 2.75) is 0 Å². The molecule has 5 aromatic rings. The minimum atomic E-state index is 0.112. The third-order valence-corrected chi connectivity index (χ3v) is 5.86. The molecule has 0 atom stereocenters. The van der Waals surface area contributed by atoms with Gasteiger partial charge in [-0.2, -0.15) is 0 Å². The molecule has 5 nitrogen and oxygen atoms in total. The average Bonchev–Trinajstić information content (AvgIpc) is 3.44. The fraction of sp³-hybridized carbons (Fsp3) is 0.0667. The highest BCUT2D eigenvalue weighted by atomic mass is 16.5. The van der Waals surface area contributed by atoms with Gasteiger partial charge in [-0.3, -0.25) is 0 Å². The van der Waals surface area contributed by atoms with Crippen LogP contribution in [0.4, 0.5) is 0 Å². The molecule has 0 aliphatic rings. The molecule has 0 fully saturated rings. The Labute approximate surface area is 204 Å². The maximum Gasteiger partial charge on any atom is 0.143 e. The van der Waals surface area contributed by atoms with E-state index in [2.05, 4.69) is 0 Å². The first kappa shape index (κ1) is 22.2. The van der Waals surface area contributed by atoms with Crippen LogP contribution in [-0.2, 0) is 0 Å². The van der Waals surface area contributed by atoms with E-state index in [1.165, 1.54) is 0 Å². The fourth-order valence-electron chi connectivity index (χ4n) is 4.13. The van der Waals surface area contributed by atoms with Crippen LogP contribution in [0, 0.1) is 0 Å². The Morgan fingerprint density at radius 3 is 1.86 bits per heavy atom. The number of aromatic hydroxyl groups is 1. The topological polar surface area (TPSA) is 52.8 Å². The second-order valence-electron chi connectivity index (χ2n) is 7.95. The Hall–Kier alpha value is -4.64. The van der Waals surface area contributed by atoms with Gasteiger partial charge in [-0.15, -0.1) is 0 Å². The summed E-state index contributed by atoms with van der Waals surface area (Å²) in [6.07, 6.45) is 3.77. The summed E-state index contributed by atoms with van der Waals surface area (Å²) < 4.78 is 19.3. The monoisotopic (exact) mass is 463 g/mol. The van der Waals surface area contributed by atoms with Crippen LogP contribution in [0.15, 0.2) is 109 Å². The van der Waals surface area contributed by atoms with E-state index in [9.17, 15) is 5.11 Å². The van der Waals surface area contributed by atoms with Crippen molar-refractivity contribution in [2.24, 2.45) is 0 Å². The van der Waals surface area contributed by atoms with Crippen molar-refractivity contribution in [3.8, 4) is 56.7 Å². The highest BCUT2D eigenvalue weighted by Crippen LogP contribution is 2.43. The van der Waals surface area contributed by atoms with Gasteiger partial charge in [-0.1, -0.05) is 48.5 Å². The number of hydrogen-bond acceptors (Lipinski definition) is 4. The third kappa shape index (κ3) is 4.44. The highest BCUT2D eigenvalue weighted by molar-refractivity contribution is 5.80. The van der Waals surface area contributed by atoms with Gasteiger partial charge in [0.2, 0.25) is 0 Å². The lowest BCUT2D eigenvalue weighted by atomic mass is 10.0. The number of aromatic nitrogens is 1. The number of benzene rings is 4. The normalized spacial score (nSPS) is 10.7. The predicted molar refractivity (Wildman–Crippen MR) is 138 cm³/mol. The summed E-state index contributed by atoms with van der Waals surface area (Å²) >= 11 is 0. The summed E-state index contributed by atoms with van der Waals surface area (Å²) in [5.74, 6) is 2.81. The molecule has 4 aromatic carbocycles. The van der Waals surface area contributed by atoms with E-state index in [-0.39, 0.29) is 5.75 Å². The summed E-state index contributed by atoms with van der Waals surface area (Å²) in [6.45, 7) is 0. The maximum atomic E-state index is 10.8. The molecule has 0 unspecified atom stereocenters. The molecule has 1 N–H and O–H groups in total. The maximum absolute atomic E-state index is 10.8. The lowest BCUT2D eigenvalue weighted by Gasteiger charge is -2.17. The van der Waals surface area contributed by atoms with Gasteiger partial charge in [0.1, 0.15) is 28.7 Å². The number of ether oxygens (including phenoxy) is 3. The molecule has 5 rings (SSSR count). The fourth-order valence-corrected chi connectivity index (χ4v) is 4.13. The first-order valence-corrected chi connectivity index (χ1v) is 11.2. The van der Waals surface area contributed by atoms with E-state index in [1.54, 1.807) is 20.3 Å². The molecule has 0 aliphatic carbocycles. The van der Waals surface area contributed by atoms with Crippen LogP contribution >= 0.6 is 0 Å². The number of hydrogen-bond donors (Lipinski definition) is 1. The van der Waals surface area contributed by atoms with Crippen molar-refractivity contribution < 1.29 is 19.3 Å². The van der Waals surface area contributed by atoms with Crippen molar-refractivity contribution >= 4 is 0 Å². The summed E-state index contributed by atoms with van der Waals surface area (Å²) in [6, 6.07) is 30.8. The lowest BCUT2D eigenvalue weighted by Crippen LogP contribution is -1.96. The molecule has 0 amide bonds. The number of phenolic OH excluding ortho intramolecular Hbond substituents is 1. The van der Waals surface area contributed by atoms with Gasteiger partial charge in [-0.25, -0.2) is 0 Å². The van der Waals surface area contributed by atoms with Crippen LogP contribution in [0.5, 0.6) is 28.7 Å². The van der Waals surface area contributed by atoms with Crippen molar-refractivity contribution in [1.29, 1.82) is 0 Å². The summed E-state index contributed by atoms with van der Waals surface area (Å²) in [5.41, 5.74) is 4.34. The van der Waals surface area contributed by atoms with Gasteiger partial charge < -0.3 is 23.9 Å². The minimum Gasteiger partial charge on any atom is -0.506 e. The van der Waals surface area contributed by atoms with E-state index in [4.69, 9.17) is 14.2 Å². The van der Waals surface area contributed by atoms with E-state index in [1.807, 2.05) is 108 Å². The second kappa shape index (κ2) is 9.69. The van der Waals surface area contributed by atoms with Crippen molar-refractivity contribution in [1.82, 2.24) is 4.57 Å². The van der Waals surface area contributed by atoms with E-state index in [0.29, 0.717) is 22.9 Å². The predicted octanol–water partition coefficient (Wildman–Crippen LogP) is 7.33. The zero-order valence-electron chi connectivity index (χ0n) is 19.5. The summed E-state index contributed by atoms with van der Waals surface area (Å²) in [5, 5.41) is 10.8. The van der Waals surface area contributed by atoms with Crippen molar-refractivity contribution in [3.63, 3.8) is 0 Å². The Balaban J connectivity index is 1.56. The Bertz CT molecular complexity index is 1440. The minimum absolute atomic E-state index is 0.112. The van der Waals surface area contributed by atoms with Crippen LogP contribution in [-0.4, -0.2) is 23.9 Å². The van der Waals surface area contributed by atoms with Gasteiger partial charge >= 0.3 is 0 Å². The number of para-hydroxylation sites is 2. The average molecular weight is 464 g/mol. The number of rotatable bonds is 7. The van der Waals surface area contributed by atoms with E-state index < -0.39 is 0 Å². The molecule has 0 bridgehead atoms. The molecule has 0 aliphatic heterocycles. The van der Waals surface area contributed by atoms with E-state index >= 15 is 0 Å². The number of methoxy groups -OCH3 is 2. The van der Waals surface area contributed by atoms with Gasteiger partial charge in [-0.05, 0) is 48.0 Å². The molecule has 5 heteroatoms. The van der Waals surface area contributed by atoms with Crippen LogP contribution < -0.4 is 14.2 Å². The highest BCUT2D eigenvalue weighted by Gasteiger charge is 2.17. The molecular weight excluding hydrogens is 438 g/mol. The van der Waals surface area contributed by atoms with Crippen molar-refractivity contribution in [2.75, 3.05) is 14.2 Å². The first-order valence-electron chi connectivity index (χ1n) is 11.2. The molecule has 0 radical (unpaired) electrons. The van der Waals surface area contributed by atoms with Gasteiger partial charge in [0.15, 0.2) is 0 Å². The molecule has 174 valence electrons. The van der Waals surface area contributed by atoms with E-state index in [0.717, 1.165) is 28.0 Å². The molecule has 0 spiro atoms. The van der Waals surface area contributed by atoms with Crippen LogP contribution in [0.1, 0.15) is 0 Å². The van der Waals surface area contributed by atoms with Gasteiger partial charge in [0.05, 0.1) is 19.9 Å². The van der Waals surface area contributed by atoms with Crippen LogP contribution in [0.3, 0.4) is 0 Å². The lowest BCUT2D eigenvalue weighted by molar-refractivity contribution is 0.415. The zero-order valence-corrected chi connectivity index (χ0v) is 19.5. The quantitative estimate of drug-likeness (QED) is 0.275. The Morgan fingerprint density at radius 2 is 1.20 bits per heavy atom. The van der Waals surface area contributed by atoms with Gasteiger partial charge in [0, 0.05) is 35.2 Å². The molecule has 1 aromatic heterocycles. The number of phenols is 1.